The van der Waals surface area contributed by atoms with Crippen molar-refractivity contribution in [1.29, 1.82) is 0 Å². The van der Waals surface area contributed by atoms with Gasteiger partial charge in [-0.2, -0.15) is 0 Å². The molecule has 1 heterocycles. The van der Waals surface area contributed by atoms with Gasteiger partial charge in [-0.15, -0.1) is 11.3 Å². The SMILES string of the molecule is C=CC(=O)N[C@H]1Cc2ccsc2[C@@H](c2ccccc2C)C1. The average molecular weight is 297 g/mol. The summed E-state index contributed by atoms with van der Waals surface area (Å²) in [5, 5.41) is 5.23. The zero-order valence-corrected chi connectivity index (χ0v) is 13.0. The lowest BCUT2D eigenvalue weighted by Crippen LogP contribution is -2.39. The number of thiophene rings is 1. The number of hydrogen-bond donors (Lipinski definition) is 1. The van der Waals surface area contributed by atoms with E-state index in [9.17, 15) is 4.79 Å². The third-order valence-electron chi connectivity index (χ3n) is 4.18. The van der Waals surface area contributed by atoms with E-state index in [1.807, 2.05) is 11.3 Å². The Kier molecular flexibility index (Phi) is 3.93. The van der Waals surface area contributed by atoms with E-state index < -0.39 is 0 Å². The lowest BCUT2D eigenvalue weighted by Gasteiger charge is -2.31. The van der Waals surface area contributed by atoms with E-state index in [1.54, 1.807) is 0 Å². The number of benzene rings is 1. The Morgan fingerprint density at radius 2 is 2.19 bits per heavy atom. The van der Waals surface area contributed by atoms with Crippen molar-refractivity contribution in [2.24, 2.45) is 0 Å². The molecule has 21 heavy (non-hydrogen) atoms. The molecule has 1 aliphatic carbocycles. The van der Waals surface area contributed by atoms with E-state index in [1.165, 1.54) is 27.6 Å². The minimum atomic E-state index is -0.0813. The Labute approximate surface area is 129 Å². The number of hydrogen-bond acceptors (Lipinski definition) is 2. The number of aryl methyl sites for hydroxylation is 1. The molecule has 1 amide bonds. The fourth-order valence-corrected chi connectivity index (χ4v) is 4.25. The highest BCUT2D eigenvalue weighted by atomic mass is 32.1. The van der Waals surface area contributed by atoms with Crippen molar-refractivity contribution >= 4 is 17.2 Å². The van der Waals surface area contributed by atoms with E-state index >= 15 is 0 Å². The maximum Gasteiger partial charge on any atom is 0.243 e. The molecule has 108 valence electrons. The van der Waals surface area contributed by atoms with Gasteiger partial charge in [0.15, 0.2) is 0 Å². The molecule has 0 saturated heterocycles. The van der Waals surface area contributed by atoms with E-state index in [-0.39, 0.29) is 11.9 Å². The van der Waals surface area contributed by atoms with Crippen LogP contribution in [0, 0.1) is 6.92 Å². The minimum absolute atomic E-state index is 0.0813. The molecule has 2 aromatic rings. The first-order valence-electron chi connectivity index (χ1n) is 7.23. The molecule has 0 saturated carbocycles. The first kappa shape index (κ1) is 14.1. The summed E-state index contributed by atoms with van der Waals surface area (Å²) in [4.78, 5) is 13.1. The molecule has 0 radical (unpaired) electrons. The molecule has 1 aliphatic rings. The second-order valence-corrected chi connectivity index (χ2v) is 6.52. The maximum absolute atomic E-state index is 11.6. The fourth-order valence-electron chi connectivity index (χ4n) is 3.18. The summed E-state index contributed by atoms with van der Waals surface area (Å²) in [7, 11) is 0. The third-order valence-corrected chi connectivity index (χ3v) is 5.25. The van der Waals surface area contributed by atoms with Gasteiger partial charge in [0, 0.05) is 16.8 Å². The number of fused-ring (bicyclic) bond motifs is 1. The highest BCUT2D eigenvalue weighted by Crippen LogP contribution is 2.40. The van der Waals surface area contributed by atoms with Crippen molar-refractivity contribution in [3.05, 3.63) is 69.9 Å². The molecule has 1 N–H and O–H groups in total. The van der Waals surface area contributed by atoms with Crippen molar-refractivity contribution in [1.82, 2.24) is 5.32 Å². The molecule has 0 aliphatic heterocycles. The third kappa shape index (κ3) is 2.79. The summed E-state index contributed by atoms with van der Waals surface area (Å²) in [6, 6.07) is 10.9. The van der Waals surface area contributed by atoms with E-state index in [4.69, 9.17) is 0 Å². The molecule has 3 rings (SSSR count). The van der Waals surface area contributed by atoms with Gasteiger partial charge in [0.05, 0.1) is 0 Å². The summed E-state index contributed by atoms with van der Waals surface area (Å²) in [5.41, 5.74) is 4.06. The predicted molar refractivity (Wildman–Crippen MR) is 87.8 cm³/mol. The molecule has 1 aromatic carbocycles. The number of carbonyl (C=O) groups is 1. The van der Waals surface area contributed by atoms with Crippen molar-refractivity contribution in [2.45, 2.75) is 31.7 Å². The number of amides is 1. The Hall–Kier alpha value is -1.87. The monoisotopic (exact) mass is 297 g/mol. The number of rotatable bonds is 3. The number of nitrogens with one attached hydrogen (secondary N) is 1. The summed E-state index contributed by atoms with van der Waals surface area (Å²) in [6.07, 6.45) is 3.23. The van der Waals surface area contributed by atoms with Gasteiger partial charge in [0.25, 0.3) is 0 Å². The van der Waals surface area contributed by atoms with Crippen molar-refractivity contribution < 1.29 is 4.79 Å². The van der Waals surface area contributed by atoms with Gasteiger partial charge in [0.2, 0.25) is 5.91 Å². The zero-order chi connectivity index (χ0) is 14.8. The Morgan fingerprint density at radius 3 is 2.95 bits per heavy atom. The standard InChI is InChI=1S/C18H19NOS/c1-3-17(20)19-14-10-13-8-9-21-18(13)16(11-14)15-7-5-4-6-12(15)2/h3-9,14,16H,1,10-11H2,2H3,(H,19,20)/t14-,16+/m0/s1. The lowest BCUT2D eigenvalue weighted by molar-refractivity contribution is -0.117. The van der Waals surface area contributed by atoms with Crippen LogP contribution >= 0.6 is 11.3 Å². The fraction of sp³-hybridized carbons (Fsp3) is 0.278. The smallest absolute Gasteiger partial charge is 0.243 e. The number of carbonyl (C=O) groups excluding carboxylic acids is 1. The molecule has 2 nitrogen and oxygen atoms in total. The van der Waals surface area contributed by atoms with Gasteiger partial charge in [-0.05, 0) is 54.0 Å². The maximum atomic E-state index is 11.6. The molecule has 0 unspecified atom stereocenters. The normalized spacial score (nSPS) is 20.6. The van der Waals surface area contributed by atoms with Crippen molar-refractivity contribution in [3.63, 3.8) is 0 Å². The van der Waals surface area contributed by atoms with Crippen LogP contribution in [0.2, 0.25) is 0 Å². The highest BCUT2D eigenvalue weighted by molar-refractivity contribution is 7.10. The largest absolute Gasteiger partial charge is 0.349 e. The van der Waals surface area contributed by atoms with E-state index in [0.717, 1.165) is 12.8 Å². The second kappa shape index (κ2) is 5.86. The van der Waals surface area contributed by atoms with Crippen LogP contribution in [0.15, 0.2) is 48.4 Å². The zero-order valence-electron chi connectivity index (χ0n) is 12.1. The van der Waals surface area contributed by atoms with Gasteiger partial charge in [-0.3, -0.25) is 4.79 Å². The van der Waals surface area contributed by atoms with Crippen LogP contribution in [-0.4, -0.2) is 11.9 Å². The van der Waals surface area contributed by atoms with Gasteiger partial charge in [-0.1, -0.05) is 30.8 Å². The molecular formula is C18H19NOS. The summed E-state index contributed by atoms with van der Waals surface area (Å²) >= 11 is 1.83. The van der Waals surface area contributed by atoms with Crippen molar-refractivity contribution in [3.8, 4) is 0 Å². The van der Waals surface area contributed by atoms with Crippen LogP contribution in [0.4, 0.5) is 0 Å². The van der Waals surface area contributed by atoms with Gasteiger partial charge in [0.1, 0.15) is 0 Å². The van der Waals surface area contributed by atoms with Crippen LogP contribution in [0.5, 0.6) is 0 Å². The van der Waals surface area contributed by atoms with Crippen LogP contribution < -0.4 is 5.32 Å². The molecule has 0 fully saturated rings. The van der Waals surface area contributed by atoms with E-state index in [2.05, 4.69) is 54.5 Å². The van der Waals surface area contributed by atoms with Crippen LogP contribution in [0.1, 0.15) is 33.9 Å². The first-order chi connectivity index (χ1) is 10.2. The minimum Gasteiger partial charge on any atom is -0.349 e. The Bertz CT molecular complexity index is 673. The van der Waals surface area contributed by atoms with Crippen molar-refractivity contribution in [2.75, 3.05) is 0 Å². The molecule has 0 bridgehead atoms. The first-order valence-corrected chi connectivity index (χ1v) is 8.11. The average Bonchev–Trinajstić information content (AvgIpc) is 2.95. The second-order valence-electron chi connectivity index (χ2n) is 5.57. The summed E-state index contributed by atoms with van der Waals surface area (Å²) in [5.74, 6) is 0.298. The van der Waals surface area contributed by atoms with Gasteiger partial charge >= 0.3 is 0 Å². The topological polar surface area (TPSA) is 29.1 Å². The van der Waals surface area contributed by atoms with Gasteiger partial charge < -0.3 is 5.32 Å². The molecular weight excluding hydrogens is 278 g/mol. The highest BCUT2D eigenvalue weighted by Gasteiger charge is 2.30. The van der Waals surface area contributed by atoms with Crippen LogP contribution in [0.3, 0.4) is 0 Å². The predicted octanol–water partition coefficient (Wildman–Crippen LogP) is 3.81. The van der Waals surface area contributed by atoms with Crippen LogP contribution in [-0.2, 0) is 11.2 Å². The lowest BCUT2D eigenvalue weighted by atomic mass is 9.80. The summed E-state index contributed by atoms with van der Waals surface area (Å²) < 4.78 is 0. The quantitative estimate of drug-likeness (QED) is 0.858. The molecule has 0 spiro atoms. The Balaban J connectivity index is 1.95. The summed E-state index contributed by atoms with van der Waals surface area (Å²) in [6.45, 7) is 5.70. The Morgan fingerprint density at radius 1 is 1.38 bits per heavy atom. The van der Waals surface area contributed by atoms with Gasteiger partial charge in [-0.25, -0.2) is 0 Å². The molecule has 1 aromatic heterocycles. The molecule has 3 heteroatoms. The van der Waals surface area contributed by atoms with Crippen LogP contribution in [0.25, 0.3) is 0 Å². The van der Waals surface area contributed by atoms with E-state index in [0.29, 0.717) is 5.92 Å². The molecule has 2 atom stereocenters.